The normalized spacial score (nSPS) is 21.6. The van der Waals surface area contributed by atoms with Gasteiger partial charge in [-0.1, -0.05) is 0 Å². The van der Waals surface area contributed by atoms with E-state index in [1.54, 1.807) is 23.8 Å². The molecule has 1 amide bonds. The summed E-state index contributed by atoms with van der Waals surface area (Å²) in [6, 6.07) is 0.190. The van der Waals surface area contributed by atoms with Gasteiger partial charge in [-0.05, 0) is 13.5 Å². The van der Waals surface area contributed by atoms with Crippen LogP contribution in [0.1, 0.15) is 13.3 Å². The topological polar surface area (TPSA) is 60.9 Å². The van der Waals surface area contributed by atoms with Gasteiger partial charge in [0.15, 0.2) is 0 Å². The standard InChI is InChI=1S/C9H16N2O3/c1-7(12)11-4-3-8(5-11)10(2)6-9(13)14/h8H,3-6H2,1-2H3,(H,13,14). The first-order chi connectivity index (χ1) is 6.50. The van der Waals surface area contributed by atoms with Crippen LogP contribution < -0.4 is 0 Å². The quantitative estimate of drug-likeness (QED) is 0.675. The van der Waals surface area contributed by atoms with Crippen molar-refractivity contribution in [2.75, 3.05) is 26.7 Å². The molecule has 1 aliphatic rings. The monoisotopic (exact) mass is 200 g/mol. The number of rotatable bonds is 3. The van der Waals surface area contributed by atoms with Gasteiger partial charge in [0.2, 0.25) is 5.91 Å². The van der Waals surface area contributed by atoms with Gasteiger partial charge >= 0.3 is 5.97 Å². The van der Waals surface area contributed by atoms with Crippen LogP contribution in [-0.2, 0) is 9.59 Å². The van der Waals surface area contributed by atoms with Gasteiger partial charge in [-0.25, -0.2) is 0 Å². The average Bonchev–Trinajstić information content (AvgIpc) is 2.50. The Balaban J connectivity index is 2.41. The minimum Gasteiger partial charge on any atom is -0.480 e. The van der Waals surface area contributed by atoms with Crippen molar-refractivity contribution < 1.29 is 14.7 Å². The number of carbonyl (C=O) groups is 2. The molecule has 0 aromatic heterocycles. The van der Waals surface area contributed by atoms with E-state index in [9.17, 15) is 9.59 Å². The predicted octanol–water partition coefficient (Wildman–Crippen LogP) is -0.376. The van der Waals surface area contributed by atoms with E-state index in [1.165, 1.54) is 0 Å². The molecule has 0 saturated carbocycles. The lowest BCUT2D eigenvalue weighted by Gasteiger charge is -2.22. The molecule has 1 fully saturated rings. The maximum absolute atomic E-state index is 11.0. The highest BCUT2D eigenvalue weighted by Crippen LogP contribution is 2.13. The fourth-order valence-corrected chi connectivity index (χ4v) is 1.73. The van der Waals surface area contributed by atoms with Crippen LogP contribution in [0.4, 0.5) is 0 Å². The molecule has 14 heavy (non-hydrogen) atoms. The van der Waals surface area contributed by atoms with Crippen LogP contribution in [0.15, 0.2) is 0 Å². The minimum atomic E-state index is -0.825. The second kappa shape index (κ2) is 4.41. The van der Waals surface area contributed by atoms with Crippen LogP contribution in [0, 0.1) is 0 Å². The van der Waals surface area contributed by atoms with E-state index in [-0.39, 0.29) is 18.5 Å². The zero-order chi connectivity index (χ0) is 10.7. The van der Waals surface area contributed by atoms with E-state index >= 15 is 0 Å². The third kappa shape index (κ3) is 2.70. The Kier molecular flexibility index (Phi) is 3.46. The molecular formula is C9H16N2O3. The van der Waals surface area contributed by atoms with E-state index < -0.39 is 5.97 Å². The molecule has 1 aliphatic heterocycles. The summed E-state index contributed by atoms with van der Waals surface area (Å²) in [7, 11) is 1.78. The number of likely N-dealkylation sites (N-methyl/N-ethyl adjacent to an activating group) is 1. The number of carbonyl (C=O) groups excluding carboxylic acids is 1. The van der Waals surface area contributed by atoms with Crippen LogP contribution in [0.3, 0.4) is 0 Å². The molecule has 0 aliphatic carbocycles. The Hall–Kier alpha value is -1.10. The summed E-state index contributed by atoms with van der Waals surface area (Å²) in [5.74, 6) is -0.759. The highest BCUT2D eigenvalue weighted by atomic mass is 16.4. The molecular weight excluding hydrogens is 184 g/mol. The summed E-state index contributed by atoms with van der Waals surface area (Å²) in [6.45, 7) is 2.97. The van der Waals surface area contributed by atoms with Gasteiger partial charge in [0.1, 0.15) is 0 Å². The third-order valence-electron chi connectivity index (χ3n) is 2.62. The lowest BCUT2D eigenvalue weighted by Crippen LogP contribution is -2.38. The van der Waals surface area contributed by atoms with Crippen molar-refractivity contribution in [3.63, 3.8) is 0 Å². The molecule has 0 bridgehead atoms. The summed E-state index contributed by atoms with van der Waals surface area (Å²) in [4.78, 5) is 25.0. The number of carboxylic acid groups (broad SMARTS) is 1. The molecule has 0 spiro atoms. The summed E-state index contributed by atoms with van der Waals surface area (Å²) in [6.07, 6.45) is 0.864. The highest BCUT2D eigenvalue weighted by molar-refractivity contribution is 5.73. The van der Waals surface area contributed by atoms with E-state index in [0.717, 1.165) is 13.0 Å². The smallest absolute Gasteiger partial charge is 0.317 e. The molecule has 1 heterocycles. The van der Waals surface area contributed by atoms with Gasteiger partial charge in [0.25, 0.3) is 0 Å². The number of carboxylic acids is 1. The lowest BCUT2D eigenvalue weighted by atomic mass is 10.2. The molecule has 1 atom stereocenters. The van der Waals surface area contributed by atoms with Crippen molar-refractivity contribution in [3.8, 4) is 0 Å². The molecule has 1 rings (SSSR count). The number of hydrogen-bond donors (Lipinski definition) is 1. The van der Waals surface area contributed by atoms with E-state index in [1.807, 2.05) is 0 Å². The summed E-state index contributed by atoms with van der Waals surface area (Å²) >= 11 is 0. The highest BCUT2D eigenvalue weighted by Gasteiger charge is 2.27. The number of nitrogens with zero attached hydrogens (tertiary/aromatic N) is 2. The zero-order valence-corrected chi connectivity index (χ0v) is 8.56. The second-order valence-corrected chi connectivity index (χ2v) is 3.72. The van der Waals surface area contributed by atoms with Crippen LogP contribution >= 0.6 is 0 Å². The molecule has 0 aromatic carbocycles. The maximum Gasteiger partial charge on any atom is 0.317 e. The van der Waals surface area contributed by atoms with Gasteiger partial charge in [0, 0.05) is 26.1 Å². The molecule has 1 N–H and O–H groups in total. The Morgan fingerprint density at radius 2 is 2.21 bits per heavy atom. The average molecular weight is 200 g/mol. The Morgan fingerprint density at radius 3 is 2.64 bits per heavy atom. The van der Waals surface area contributed by atoms with Crippen molar-refractivity contribution in [3.05, 3.63) is 0 Å². The SMILES string of the molecule is CC(=O)N1CCC(N(C)CC(=O)O)C1. The van der Waals surface area contributed by atoms with Crippen molar-refractivity contribution in [2.24, 2.45) is 0 Å². The van der Waals surface area contributed by atoms with E-state index in [0.29, 0.717) is 6.54 Å². The van der Waals surface area contributed by atoms with E-state index in [2.05, 4.69) is 0 Å². The van der Waals surface area contributed by atoms with Crippen molar-refractivity contribution in [1.82, 2.24) is 9.80 Å². The molecule has 1 unspecified atom stereocenters. The van der Waals surface area contributed by atoms with Gasteiger partial charge in [-0.3, -0.25) is 14.5 Å². The minimum absolute atomic E-state index is 0.0381. The summed E-state index contributed by atoms with van der Waals surface area (Å²) in [5.41, 5.74) is 0. The predicted molar refractivity (Wildman–Crippen MR) is 50.9 cm³/mol. The molecule has 80 valence electrons. The first kappa shape index (κ1) is 11.0. The van der Waals surface area contributed by atoms with Gasteiger partial charge in [-0.15, -0.1) is 0 Å². The van der Waals surface area contributed by atoms with Gasteiger partial charge < -0.3 is 10.0 Å². The molecule has 1 saturated heterocycles. The zero-order valence-electron chi connectivity index (χ0n) is 8.56. The van der Waals surface area contributed by atoms with Crippen LogP contribution in [0.2, 0.25) is 0 Å². The van der Waals surface area contributed by atoms with Crippen molar-refractivity contribution in [2.45, 2.75) is 19.4 Å². The second-order valence-electron chi connectivity index (χ2n) is 3.72. The molecule has 5 nitrogen and oxygen atoms in total. The van der Waals surface area contributed by atoms with Crippen LogP contribution in [-0.4, -0.2) is 59.5 Å². The number of aliphatic carboxylic acids is 1. The van der Waals surface area contributed by atoms with Gasteiger partial charge in [0.05, 0.1) is 6.54 Å². The lowest BCUT2D eigenvalue weighted by molar-refractivity contribution is -0.138. The fraction of sp³-hybridized carbons (Fsp3) is 0.778. The first-order valence-corrected chi connectivity index (χ1v) is 4.68. The number of hydrogen-bond acceptors (Lipinski definition) is 3. The third-order valence-corrected chi connectivity index (χ3v) is 2.62. The van der Waals surface area contributed by atoms with Gasteiger partial charge in [-0.2, -0.15) is 0 Å². The van der Waals surface area contributed by atoms with E-state index in [4.69, 9.17) is 5.11 Å². The number of likely N-dealkylation sites (tertiary alicyclic amines) is 1. The number of amides is 1. The molecule has 0 aromatic rings. The molecule has 5 heteroatoms. The molecule has 0 radical (unpaired) electrons. The summed E-state index contributed by atoms with van der Waals surface area (Å²) in [5, 5.41) is 8.60. The first-order valence-electron chi connectivity index (χ1n) is 4.68. The van der Waals surface area contributed by atoms with Crippen LogP contribution in [0.5, 0.6) is 0 Å². The maximum atomic E-state index is 11.0. The Morgan fingerprint density at radius 1 is 1.57 bits per heavy atom. The summed E-state index contributed by atoms with van der Waals surface area (Å²) < 4.78 is 0. The largest absolute Gasteiger partial charge is 0.480 e. The van der Waals surface area contributed by atoms with Crippen molar-refractivity contribution in [1.29, 1.82) is 0 Å². The Labute approximate surface area is 83.3 Å². The van der Waals surface area contributed by atoms with Crippen LogP contribution in [0.25, 0.3) is 0 Å². The Bertz CT molecular complexity index is 242. The van der Waals surface area contributed by atoms with Crippen molar-refractivity contribution >= 4 is 11.9 Å². The fourth-order valence-electron chi connectivity index (χ4n) is 1.73.